The van der Waals surface area contributed by atoms with E-state index in [0.29, 0.717) is 6.07 Å². The summed E-state index contributed by atoms with van der Waals surface area (Å²) in [4.78, 5) is 11.2. The summed E-state index contributed by atoms with van der Waals surface area (Å²) in [7, 11) is 0. The van der Waals surface area contributed by atoms with Crippen LogP contribution in [0.4, 0.5) is 8.78 Å². The predicted octanol–water partition coefficient (Wildman–Crippen LogP) is 2.61. The Hall–Kier alpha value is -1.96. The molecule has 1 rings (SSSR count). The van der Waals surface area contributed by atoms with E-state index in [4.69, 9.17) is 10.4 Å². The molecule has 0 aliphatic carbocycles. The number of carboxylic acids is 1. The molecular formula is C12H11F2NO2. The summed E-state index contributed by atoms with van der Waals surface area (Å²) in [6.07, 6.45) is -0.0407. The first-order valence-electron chi connectivity index (χ1n) is 4.97. The Kier molecular flexibility index (Phi) is 3.79. The van der Waals surface area contributed by atoms with E-state index in [1.54, 1.807) is 0 Å². The highest BCUT2D eigenvalue weighted by Crippen LogP contribution is 2.31. The van der Waals surface area contributed by atoms with Gasteiger partial charge in [0.25, 0.3) is 0 Å². The van der Waals surface area contributed by atoms with Crippen molar-refractivity contribution in [3.05, 3.63) is 35.4 Å². The lowest BCUT2D eigenvalue weighted by Gasteiger charge is -2.24. The molecule has 0 aliphatic rings. The molecule has 1 unspecified atom stereocenters. The van der Waals surface area contributed by atoms with Crippen LogP contribution in [0.15, 0.2) is 18.2 Å². The van der Waals surface area contributed by atoms with Gasteiger partial charge < -0.3 is 5.11 Å². The van der Waals surface area contributed by atoms with E-state index in [9.17, 15) is 13.6 Å². The SMILES string of the molecule is CC(CCC#N)(C(=O)O)c1ccc(F)cc1F. The predicted molar refractivity (Wildman–Crippen MR) is 56.2 cm³/mol. The number of nitriles is 1. The minimum Gasteiger partial charge on any atom is -0.481 e. The molecule has 0 bridgehead atoms. The van der Waals surface area contributed by atoms with Crippen molar-refractivity contribution in [2.75, 3.05) is 0 Å². The first-order valence-corrected chi connectivity index (χ1v) is 4.97. The summed E-state index contributed by atoms with van der Waals surface area (Å²) in [6.45, 7) is 1.32. The summed E-state index contributed by atoms with van der Waals surface area (Å²) in [6, 6.07) is 4.57. The van der Waals surface area contributed by atoms with Gasteiger partial charge in [-0.1, -0.05) is 6.07 Å². The number of rotatable bonds is 4. The van der Waals surface area contributed by atoms with E-state index in [1.165, 1.54) is 6.92 Å². The van der Waals surface area contributed by atoms with Gasteiger partial charge in [0.1, 0.15) is 11.6 Å². The Bertz CT molecular complexity index is 482. The van der Waals surface area contributed by atoms with Crippen molar-refractivity contribution < 1.29 is 18.7 Å². The largest absolute Gasteiger partial charge is 0.481 e. The van der Waals surface area contributed by atoms with Gasteiger partial charge in [-0.05, 0) is 19.4 Å². The Balaban J connectivity index is 3.23. The average molecular weight is 239 g/mol. The van der Waals surface area contributed by atoms with Gasteiger partial charge in [0, 0.05) is 18.1 Å². The van der Waals surface area contributed by atoms with Crippen LogP contribution in [-0.4, -0.2) is 11.1 Å². The number of hydrogen-bond acceptors (Lipinski definition) is 2. The zero-order valence-corrected chi connectivity index (χ0v) is 9.20. The van der Waals surface area contributed by atoms with Crippen molar-refractivity contribution >= 4 is 5.97 Å². The van der Waals surface area contributed by atoms with Gasteiger partial charge >= 0.3 is 5.97 Å². The molecule has 0 amide bonds. The van der Waals surface area contributed by atoms with Crippen LogP contribution < -0.4 is 0 Å². The van der Waals surface area contributed by atoms with E-state index >= 15 is 0 Å². The Morgan fingerprint density at radius 3 is 2.65 bits per heavy atom. The van der Waals surface area contributed by atoms with Gasteiger partial charge in [-0.3, -0.25) is 4.79 Å². The van der Waals surface area contributed by atoms with Gasteiger partial charge in [-0.2, -0.15) is 5.26 Å². The minimum absolute atomic E-state index is 0.0143. The molecule has 0 aromatic heterocycles. The normalized spacial score (nSPS) is 13.8. The van der Waals surface area contributed by atoms with Crippen LogP contribution in [0.3, 0.4) is 0 Å². The van der Waals surface area contributed by atoms with E-state index < -0.39 is 23.0 Å². The van der Waals surface area contributed by atoms with Crippen molar-refractivity contribution in [3.8, 4) is 6.07 Å². The topological polar surface area (TPSA) is 61.1 Å². The molecular weight excluding hydrogens is 228 g/mol. The van der Waals surface area contributed by atoms with Crippen molar-refractivity contribution in [3.63, 3.8) is 0 Å². The van der Waals surface area contributed by atoms with Crippen molar-refractivity contribution in [1.29, 1.82) is 5.26 Å². The van der Waals surface area contributed by atoms with Gasteiger partial charge in [-0.25, -0.2) is 8.78 Å². The molecule has 0 saturated carbocycles. The standard InChI is InChI=1S/C12H11F2NO2/c1-12(11(16)17,5-2-6-15)9-4-3-8(13)7-10(9)14/h3-4,7H,2,5H2,1H3,(H,16,17). The Morgan fingerprint density at radius 1 is 1.53 bits per heavy atom. The maximum Gasteiger partial charge on any atom is 0.313 e. The number of carboxylic acid groups (broad SMARTS) is 1. The highest BCUT2D eigenvalue weighted by Gasteiger charge is 2.37. The van der Waals surface area contributed by atoms with Gasteiger partial charge in [0.15, 0.2) is 0 Å². The van der Waals surface area contributed by atoms with Crippen LogP contribution in [0.25, 0.3) is 0 Å². The molecule has 0 heterocycles. The molecule has 0 fully saturated rings. The van der Waals surface area contributed by atoms with Gasteiger partial charge in [0.05, 0.1) is 11.5 Å². The molecule has 0 radical (unpaired) electrons. The highest BCUT2D eigenvalue weighted by molar-refractivity contribution is 5.80. The van der Waals surface area contributed by atoms with Crippen LogP contribution in [0.5, 0.6) is 0 Å². The summed E-state index contributed by atoms with van der Waals surface area (Å²) < 4.78 is 26.3. The number of halogens is 2. The second-order valence-electron chi connectivity index (χ2n) is 3.92. The summed E-state index contributed by atoms with van der Waals surface area (Å²) in [5, 5.41) is 17.6. The molecule has 1 aromatic carbocycles. The highest BCUT2D eigenvalue weighted by atomic mass is 19.1. The Labute approximate surface area is 97.3 Å². The second-order valence-corrected chi connectivity index (χ2v) is 3.92. The number of nitrogens with zero attached hydrogens (tertiary/aromatic N) is 1. The number of hydrogen-bond donors (Lipinski definition) is 1. The van der Waals surface area contributed by atoms with Crippen molar-refractivity contribution in [2.45, 2.75) is 25.2 Å². The monoisotopic (exact) mass is 239 g/mol. The smallest absolute Gasteiger partial charge is 0.313 e. The lowest BCUT2D eigenvalue weighted by Crippen LogP contribution is -2.33. The van der Waals surface area contributed by atoms with Crippen molar-refractivity contribution in [2.24, 2.45) is 0 Å². The molecule has 90 valence electrons. The zero-order valence-electron chi connectivity index (χ0n) is 9.20. The third kappa shape index (κ3) is 2.59. The molecule has 5 heteroatoms. The lowest BCUT2D eigenvalue weighted by molar-refractivity contribution is -0.143. The first-order chi connectivity index (χ1) is 7.91. The number of benzene rings is 1. The van der Waals surface area contributed by atoms with Crippen molar-refractivity contribution in [1.82, 2.24) is 0 Å². The fraction of sp³-hybridized carbons (Fsp3) is 0.333. The molecule has 1 aromatic rings. The van der Waals surface area contributed by atoms with E-state index in [0.717, 1.165) is 12.1 Å². The van der Waals surface area contributed by atoms with E-state index in [2.05, 4.69) is 0 Å². The van der Waals surface area contributed by atoms with E-state index in [1.807, 2.05) is 6.07 Å². The second kappa shape index (κ2) is 4.91. The fourth-order valence-corrected chi connectivity index (χ4v) is 1.60. The third-order valence-electron chi connectivity index (χ3n) is 2.73. The summed E-state index contributed by atoms with van der Waals surface area (Å²) in [5.41, 5.74) is -1.63. The molecule has 17 heavy (non-hydrogen) atoms. The van der Waals surface area contributed by atoms with Crippen LogP contribution in [0.1, 0.15) is 25.3 Å². The van der Waals surface area contributed by atoms with Crippen LogP contribution in [0, 0.1) is 23.0 Å². The molecule has 0 aliphatic heterocycles. The zero-order chi connectivity index (χ0) is 13.1. The third-order valence-corrected chi connectivity index (χ3v) is 2.73. The summed E-state index contributed by atoms with van der Waals surface area (Å²) in [5.74, 6) is -2.91. The van der Waals surface area contributed by atoms with Crippen LogP contribution in [0.2, 0.25) is 0 Å². The lowest BCUT2D eigenvalue weighted by atomic mass is 9.78. The average Bonchev–Trinajstić information content (AvgIpc) is 2.25. The quantitative estimate of drug-likeness (QED) is 0.878. The molecule has 0 saturated heterocycles. The first kappa shape index (κ1) is 13.1. The number of carbonyl (C=O) groups is 1. The maximum atomic E-state index is 13.5. The van der Waals surface area contributed by atoms with E-state index in [-0.39, 0.29) is 18.4 Å². The fourth-order valence-electron chi connectivity index (χ4n) is 1.60. The molecule has 1 atom stereocenters. The Morgan fingerprint density at radius 2 is 2.18 bits per heavy atom. The molecule has 3 nitrogen and oxygen atoms in total. The summed E-state index contributed by atoms with van der Waals surface area (Å²) >= 11 is 0. The number of aliphatic carboxylic acids is 1. The minimum atomic E-state index is -1.52. The molecule has 1 N–H and O–H groups in total. The maximum absolute atomic E-state index is 13.5. The van der Waals surface area contributed by atoms with Gasteiger partial charge in [0.2, 0.25) is 0 Å². The van der Waals surface area contributed by atoms with Crippen LogP contribution in [-0.2, 0) is 10.2 Å². The van der Waals surface area contributed by atoms with Crippen LogP contribution >= 0.6 is 0 Å². The van der Waals surface area contributed by atoms with Gasteiger partial charge in [-0.15, -0.1) is 0 Å². The molecule has 0 spiro atoms.